The molecule has 2 aromatic carbocycles. The van der Waals surface area contributed by atoms with Crippen LogP contribution in [0.25, 0.3) is 22.1 Å². The van der Waals surface area contributed by atoms with Gasteiger partial charge in [-0.2, -0.15) is 0 Å². The topological polar surface area (TPSA) is 191 Å². The van der Waals surface area contributed by atoms with Crippen molar-refractivity contribution in [2.24, 2.45) is 11.5 Å². The Balaban J connectivity index is 0.000000157. The second kappa shape index (κ2) is 11.7. The summed E-state index contributed by atoms with van der Waals surface area (Å²) in [6, 6.07) is 12.6. The summed E-state index contributed by atoms with van der Waals surface area (Å²) in [5, 5.41) is 3.29. The minimum absolute atomic E-state index is 0.436. The lowest BCUT2D eigenvalue weighted by Gasteiger charge is -2.34. The van der Waals surface area contributed by atoms with Crippen LogP contribution in [0.4, 0.5) is 17.8 Å². The van der Waals surface area contributed by atoms with Gasteiger partial charge in [-0.05, 0) is 30.3 Å². The summed E-state index contributed by atoms with van der Waals surface area (Å²) in [5.41, 5.74) is 14.6. The monoisotopic (exact) mass is 568 g/mol. The lowest BCUT2D eigenvalue weighted by Crippen LogP contribution is -2.47. The molecular weight excluding hydrogens is 536 g/mol. The number of primary amides is 2. The van der Waals surface area contributed by atoms with Crippen LogP contribution >= 0.6 is 0 Å². The third-order valence-corrected chi connectivity index (χ3v) is 7.36. The molecule has 5 aromatic rings. The molecule has 14 heteroatoms. The number of imidazole rings is 2. The number of benzene rings is 2. The number of nitrogens with two attached hydrogens (primary N) is 2. The van der Waals surface area contributed by atoms with E-state index in [4.69, 9.17) is 11.5 Å². The minimum Gasteiger partial charge on any atom is -0.366 e. The van der Waals surface area contributed by atoms with E-state index in [0.29, 0.717) is 22.2 Å². The van der Waals surface area contributed by atoms with Gasteiger partial charge in [-0.15, -0.1) is 0 Å². The van der Waals surface area contributed by atoms with E-state index in [1.54, 1.807) is 30.6 Å². The fourth-order valence-electron chi connectivity index (χ4n) is 5.18. The number of fused-ring (bicyclic) bond motifs is 2. The fourth-order valence-corrected chi connectivity index (χ4v) is 5.18. The molecule has 2 saturated heterocycles. The van der Waals surface area contributed by atoms with E-state index in [9.17, 15) is 9.59 Å². The molecule has 0 radical (unpaired) electrons. The van der Waals surface area contributed by atoms with Crippen molar-refractivity contribution in [3.8, 4) is 0 Å². The molecule has 0 saturated carbocycles. The summed E-state index contributed by atoms with van der Waals surface area (Å²) in [5.74, 6) is 1.40. The van der Waals surface area contributed by atoms with Crippen molar-refractivity contribution < 1.29 is 9.59 Å². The highest BCUT2D eigenvalue weighted by Gasteiger charge is 2.22. The Kier molecular flexibility index (Phi) is 7.51. The molecule has 0 spiro atoms. The fraction of sp³-hybridized carbons (Fsp3) is 0.286. The summed E-state index contributed by atoms with van der Waals surface area (Å²) < 4.78 is 0. The first-order valence-corrected chi connectivity index (χ1v) is 13.8. The number of H-pyrrole nitrogens is 2. The van der Waals surface area contributed by atoms with E-state index in [2.05, 4.69) is 49.9 Å². The van der Waals surface area contributed by atoms with Crippen molar-refractivity contribution >= 4 is 51.7 Å². The number of aromatic amines is 2. The maximum absolute atomic E-state index is 11.5. The van der Waals surface area contributed by atoms with Crippen molar-refractivity contribution in [1.29, 1.82) is 0 Å². The standard InChI is InChI=1S/C16H17N7O.C12H15N5O/c17-14(24)11-3-1-4-12-13(11)21-16(20-12)23-9-7-22(8-10-23)15-18-5-2-6-19-15;13-11(18)8-2-1-3-9-10(8)16-12(15-9)17-6-4-14-5-7-17/h1-6H,7-10H2,(H2,17,24)(H,20,21);1-3,14H,4-7H2,(H2,13,18)(H,15,16). The molecular formula is C28H32N12O2. The number of hydrogen-bond acceptors (Lipinski definition) is 10. The highest BCUT2D eigenvalue weighted by molar-refractivity contribution is 6.05. The lowest BCUT2D eigenvalue weighted by atomic mass is 10.2. The van der Waals surface area contributed by atoms with Gasteiger partial charge in [0.25, 0.3) is 11.8 Å². The number of carbonyl (C=O) groups excluding carboxylic acids is 2. The van der Waals surface area contributed by atoms with Gasteiger partial charge in [0.15, 0.2) is 0 Å². The van der Waals surface area contributed by atoms with Crippen LogP contribution in [0.5, 0.6) is 0 Å². The molecule has 2 aliphatic rings. The van der Waals surface area contributed by atoms with Gasteiger partial charge in [0.2, 0.25) is 17.8 Å². The molecule has 0 aliphatic carbocycles. The van der Waals surface area contributed by atoms with Crippen molar-refractivity contribution in [1.82, 2.24) is 35.2 Å². The molecule has 2 aliphatic heterocycles. The molecule has 14 nitrogen and oxygen atoms in total. The summed E-state index contributed by atoms with van der Waals surface area (Å²) in [4.78, 5) is 53.5. The average Bonchev–Trinajstić information content (AvgIpc) is 3.67. The van der Waals surface area contributed by atoms with Crippen LogP contribution in [0, 0.1) is 0 Å². The molecule has 0 unspecified atom stereocenters. The first-order valence-electron chi connectivity index (χ1n) is 13.8. The Bertz CT molecular complexity index is 1700. The van der Waals surface area contributed by atoms with Crippen LogP contribution in [0.3, 0.4) is 0 Å². The molecule has 2 fully saturated rings. The van der Waals surface area contributed by atoms with Gasteiger partial charge in [0.05, 0.1) is 22.2 Å². The van der Waals surface area contributed by atoms with Gasteiger partial charge < -0.3 is 41.5 Å². The van der Waals surface area contributed by atoms with E-state index in [-0.39, 0.29) is 0 Å². The molecule has 7 rings (SSSR count). The minimum atomic E-state index is -0.468. The van der Waals surface area contributed by atoms with Crippen LogP contribution in [0.1, 0.15) is 20.7 Å². The second-order valence-corrected chi connectivity index (χ2v) is 10.0. The molecule has 5 heterocycles. The van der Waals surface area contributed by atoms with Gasteiger partial charge in [0, 0.05) is 64.8 Å². The van der Waals surface area contributed by atoms with Crippen molar-refractivity contribution in [3.05, 3.63) is 66.0 Å². The largest absolute Gasteiger partial charge is 0.366 e. The number of rotatable bonds is 5. The third kappa shape index (κ3) is 5.51. The average molecular weight is 569 g/mol. The summed E-state index contributed by atoms with van der Waals surface area (Å²) in [6.07, 6.45) is 3.50. The number of amides is 2. The van der Waals surface area contributed by atoms with Gasteiger partial charge >= 0.3 is 0 Å². The zero-order chi connectivity index (χ0) is 29.1. The van der Waals surface area contributed by atoms with Gasteiger partial charge in [-0.3, -0.25) is 9.59 Å². The van der Waals surface area contributed by atoms with Gasteiger partial charge in [-0.1, -0.05) is 12.1 Å². The molecule has 216 valence electrons. The molecule has 3 aromatic heterocycles. The number of hydrogen-bond donors (Lipinski definition) is 5. The molecule has 0 bridgehead atoms. The Morgan fingerprint density at radius 2 is 1.12 bits per heavy atom. The van der Waals surface area contributed by atoms with E-state index in [1.165, 1.54) is 0 Å². The van der Waals surface area contributed by atoms with Gasteiger partial charge in [0.1, 0.15) is 11.0 Å². The lowest BCUT2D eigenvalue weighted by molar-refractivity contribution is 0.0993. The zero-order valence-corrected chi connectivity index (χ0v) is 23.0. The van der Waals surface area contributed by atoms with Gasteiger partial charge in [-0.25, -0.2) is 19.9 Å². The number of aromatic nitrogens is 6. The smallest absolute Gasteiger partial charge is 0.250 e. The van der Waals surface area contributed by atoms with Crippen molar-refractivity contribution in [3.63, 3.8) is 0 Å². The number of nitrogens with one attached hydrogen (secondary N) is 3. The quantitative estimate of drug-likeness (QED) is 0.203. The highest BCUT2D eigenvalue weighted by Crippen LogP contribution is 2.23. The maximum Gasteiger partial charge on any atom is 0.250 e. The Labute approximate surface area is 241 Å². The predicted molar refractivity (Wildman–Crippen MR) is 161 cm³/mol. The first kappa shape index (κ1) is 27.0. The second-order valence-electron chi connectivity index (χ2n) is 10.0. The van der Waals surface area contributed by atoms with Crippen molar-refractivity contribution in [2.75, 3.05) is 67.1 Å². The number of carbonyl (C=O) groups is 2. The maximum atomic E-state index is 11.5. The van der Waals surface area contributed by atoms with E-state index >= 15 is 0 Å². The van der Waals surface area contributed by atoms with Crippen LogP contribution in [0.2, 0.25) is 0 Å². The zero-order valence-electron chi connectivity index (χ0n) is 23.0. The predicted octanol–water partition coefficient (Wildman–Crippen LogP) is 0.850. The highest BCUT2D eigenvalue weighted by atomic mass is 16.1. The summed E-state index contributed by atoms with van der Waals surface area (Å²) in [7, 11) is 0. The number of nitrogens with zero attached hydrogens (tertiary/aromatic N) is 7. The SMILES string of the molecule is NC(=O)c1cccc2[nH]c(N3CCN(c4ncccn4)CC3)nc12.NC(=O)c1cccc2[nH]c(N3CCNCC3)nc12. The first-order chi connectivity index (χ1) is 20.5. The summed E-state index contributed by atoms with van der Waals surface area (Å²) in [6.45, 7) is 6.92. The number of anilines is 3. The normalized spacial score (nSPS) is 15.5. The van der Waals surface area contributed by atoms with Crippen molar-refractivity contribution in [2.45, 2.75) is 0 Å². The van der Waals surface area contributed by atoms with E-state index in [0.717, 1.165) is 81.2 Å². The molecule has 42 heavy (non-hydrogen) atoms. The summed E-state index contributed by atoms with van der Waals surface area (Å²) >= 11 is 0. The number of piperazine rings is 2. The number of para-hydroxylation sites is 2. The Hall–Kier alpha value is -5.24. The van der Waals surface area contributed by atoms with Crippen LogP contribution in [-0.2, 0) is 0 Å². The van der Waals surface area contributed by atoms with E-state index in [1.807, 2.05) is 24.3 Å². The van der Waals surface area contributed by atoms with Crippen LogP contribution < -0.4 is 31.5 Å². The third-order valence-electron chi connectivity index (χ3n) is 7.36. The van der Waals surface area contributed by atoms with Crippen LogP contribution in [0.15, 0.2) is 54.9 Å². The Morgan fingerprint density at radius 1 is 0.643 bits per heavy atom. The molecule has 7 N–H and O–H groups in total. The van der Waals surface area contributed by atoms with Crippen LogP contribution in [-0.4, -0.2) is 94.1 Å². The Morgan fingerprint density at radius 3 is 1.62 bits per heavy atom. The molecule has 2 amide bonds. The molecule has 0 atom stereocenters. The van der Waals surface area contributed by atoms with E-state index < -0.39 is 11.8 Å².